The van der Waals surface area contributed by atoms with Gasteiger partial charge in [0.05, 0.1) is 5.56 Å². The first-order valence-electron chi connectivity index (χ1n) is 6.64. The highest BCUT2D eigenvalue weighted by molar-refractivity contribution is 6.17. The molecule has 1 heterocycles. The third kappa shape index (κ3) is 2.28. The number of ketones is 1. The summed E-state index contributed by atoms with van der Waals surface area (Å²) in [6.45, 7) is 0. The number of hydrogen-bond acceptors (Lipinski definition) is 1. The number of nitrogens with zero attached hydrogens (tertiary/aromatic N) is 1. The minimum absolute atomic E-state index is 0.273. The first-order chi connectivity index (χ1) is 10.4. The number of fused-ring (bicyclic) bond motifs is 1. The van der Waals surface area contributed by atoms with E-state index in [1.807, 2.05) is 12.1 Å². The molecule has 0 saturated heterocycles. The maximum Gasteiger partial charge on any atom is 0.417 e. The molecule has 0 saturated carbocycles. The lowest BCUT2D eigenvalue weighted by Crippen LogP contribution is -2.13. The number of rotatable bonds is 2. The molecule has 3 rings (SSSR count). The Morgan fingerprint density at radius 2 is 1.59 bits per heavy atom. The van der Waals surface area contributed by atoms with Gasteiger partial charge in [0, 0.05) is 35.3 Å². The lowest BCUT2D eigenvalue weighted by atomic mass is 9.98. The van der Waals surface area contributed by atoms with Crippen LogP contribution in [0, 0.1) is 0 Å². The molecule has 2 nitrogen and oxygen atoms in total. The van der Waals surface area contributed by atoms with Gasteiger partial charge in [-0.1, -0.05) is 36.4 Å². The summed E-state index contributed by atoms with van der Waals surface area (Å²) < 4.78 is 41.0. The first-order valence-corrected chi connectivity index (χ1v) is 6.64. The van der Waals surface area contributed by atoms with Crippen LogP contribution in [0.4, 0.5) is 13.2 Å². The number of aryl methyl sites for hydroxylation is 1. The lowest BCUT2D eigenvalue weighted by Gasteiger charge is -2.11. The Morgan fingerprint density at radius 3 is 2.32 bits per heavy atom. The van der Waals surface area contributed by atoms with Gasteiger partial charge in [-0.2, -0.15) is 13.2 Å². The number of carbonyl (C=O) groups is 1. The maximum atomic E-state index is 13.1. The monoisotopic (exact) mass is 303 g/mol. The minimum Gasteiger partial charge on any atom is -0.350 e. The van der Waals surface area contributed by atoms with Crippen molar-refractivity contribution in [2.24, 2.45) is 7.05 Å². The van der Waals surface area contributed by atoms with Gasteiger partial charge in [-0.05, 0) is 12.1 Å². The van der Waals surface area contributed by atoms with Gasteiger partial charge in [0.2, 0.25) is 0 Å². The molecule has 0 unspecified atom stereocenters. The van der Waals surface area contributed by atoms with Crippen LogP contribution in [0.25, 0.3) is 10.9 Å². The molecule has 0 bridgehead atoms. The smallest absolute Gasteiger partial charge is 0.350 e. The largest absolute Gasteiger partial charge is 0.417 e. The first kappa shape index (κ1) is 14.4. The molecule has 0 spiro atoms. The second kappa shape index (κ2) is 5.02. The van der Waals surface area contributed by atoms with Gasteiger partial charge in [-0.25, -0.2) is 0 Å². The molecule has 0 N–H and O–H groups in total. The summed E-state index contributed by atoms with van der Waals surface area (Å²) in [4.78, 5) is 12.6. The van der Waals surface area contributed by atoms with Crippen molar-refractivity contribution in [3.05, 3.63) is 71.4 Å². The Morgan fingerprint density at radius 1 is 0.955 bits per heavy atom. The van der Waals surface area contributed by atoms with Crippen LogP contribution in [-0.4, -0.2) is 10.4 Å². The van der Waals surface area contributed by atoms with Crippen molar-refractivity contribution < 1.29 is 18.0 Å². The van der Waals surface area contributed by atoms with E-state index in [0.717, 1.165) is 11.6 Å². The Bertz CT molecular complexity index is 862. The second-order valence-corrected chi connectivity index (χ2v) is 5.04. The fraction of sp³-hybridized carbons (Fsp3) is 0.118. The van der Waals surface area contributed by atoms with Crippen LogP contribution in [0.3, 0.4) is 0 Å². The second-order valence-electron chi connectivity index (χ2n) is 5.04. The molecule has 0 aliphatic rings. The van der Waals surface area contributed by atoms with E-state index in [0.29, 0.717) is 5.39 Å². The van der Waals surface area contributed by atoms with Crippen molar-refractivity contribution in [2.45, 2.75) is 6.18 Å². The summed E-state index contributed by atoms with van der Waals surface area (Å²) >= 11 is 0. The number of alkyl halides is 3. The van der Waals surface area contributed by atoms with E-state index in [1.54, 1.807) is 29.9 Å². The highest BCUT2D eigenvalue weighted by atomic mass is 19.4. The lowest BCUT2D eigenvalue weighted by molar-refractivity contribution is -0.137. The van der Waals surface area contributed by atoms with Crippen molar-refractivity contribution in [1.82, 2.24) is 4.57 Å². The maximum absolute atomic E-state index is 13.1. The highest BCUT2D eigenvalue weighted by Gasteiger charge is 2.35. The summed E-state index contributed by atoms with van der Waals surface area (Å²) in [6, 6.07) is 12.0. The van der Waals surface area contributed by atoms with E-state index in [4.69, 9.17) is 0 Å². The quantitative estimate of drug-likeness (QED) is 0.642. The molecule has 0 fully saturated rings. The van der Waals surface area contributed by atoms with Crippen molar-refractivity contribution in [2.75, 3.05) is 0 Å². The van der Waals surface area contributed by atoms with Crippen molar-refractivity contribution in [3.63, 3.8) is 0 Å². The number of aromatic nitrogens is 1. The molecule has 3 aromatic rings. The number of benzene rings is 2. The third-order valence-electron chi connectivity index (χ3n) is 3.62. The Hall–Kier alpha value is -2.56. The summed E-state index contributed by atoms with van der Waals surface area (Å²) in [5, 5.41) is 0.645. The molecule has 0 aliphatic heterocycles. The van der Waals surface area contributed by atoms with Crippen LogP contribution in [-0.2, 0) is 13.2 Å². The molecule has 0 aliphatic carbocycles. The van der Waals surface area contributed by atoms with Gasteiger partial charge in [0.25, 0.3) is 0 Å². The molecule has 5 heteroatoms. The van der Waals surface area contributed by atoms with Crippen LogP contribution in [0.1, 0.15) is 21.5 Å². The average molecular weight is 303 g/mol. The molecule has 0 amide bonds. The van der Waals surface area contributed by atoms with Gasteiger partial charge in [0.15, 0.2) is 5.78 Å². The van der Waals surface area contributed by atoms with Crippen LogP contribution in [0.5, 0.6) is 0 Å². The van der Waals surface area contributed by atoms with E-state index >= 15 is 0 Å². The van der Waals surface area contributed by atoms with Crippen LogP contribution in [0.2, 0.25) is 0 Å². The zero-order valence-corrected chi connectivity index (χ0v) is 11.7. The number of halogens is 3. The number of carbonyl (C=O) groups excluding carboxylic acids is 1. The molecule has 1 aromatic heterocycles. The Kier molecular flexibility index (Phi) is 3.28. The molecule has 2 aromatic carbocycles. The Balaban J connectivity index is 2.20. The molecular weight excluding hydrogens is 291 g/mol. The number of para-hydroxylation sites is 1. The zero-order valence-electron chi connectivity index (χ0n) is 11.7. The topological polar surface area (TPSA) is 22.0 Å². The fourth-order valence-electron chi connectivity index (χ4n) is 2.60. The summed E-state index contributed by atoms with van der Waals surface area (Å²) in [7, 11) is 1.76. The van der Waals surface area contributed by atoms with E-state index in [2.05, 4.69) is 0 Å². The van der Waals surface area contributed by atoms with Gasteiger partial charge < -0.3 is 4.57 Å². The standard InChI is InChI=1S/C17H12F3NO/c1-21-10-13(11-6-3-5-9-15(11)21)16(22)12-7-2-4-8-14(12)17(18,19)20/h2-10H,1H3. The highest BCUT2D eigenvalue weighted by Crippen LogP contribution is 2.34. The molecular formula is C17H12F3NO. The zero-order chi connectivity index (χ0) is 15.9. The van der Waals surface area contributed by atoms with Crippen LogP contribution in [0.15, 0.2) is 54.7 Å². The molecule has 0 atom stereocenters. The van der Waals surface area contributed by atoms with Crippen molar-refractivity contribution in [3.8, 4) is 0 Å². The van der Waals surface area contributed by atoms with Gasteiger partial charge >= 0.3 is 6.18 Å². The van der Waals surface area contributed by atoms with E-state index in [1.165, 1.54) is 18.2 Å². The van der Waals surface area contributed by atoms with Gasteiger partial charge in [0.1, 0.15) is 0 Å². The summed E-state index contributed by atoms with van der Waals surface area (Å²) in [6.07, 6.45) is -2.99. The van der Waals surface area contributed by atoms with Gasteiger partial charge in [-0.3, -0.25) is 4.79 Å². The van der Waals surface area contributed by atoms with Crippen molar-refractivity contribution >= 4 is 16.7 Å². The van der Waals surface area contributed by atoms with E-state index in [9.17, 15) is 18.0 Å². The van der Waals surface area contributed by atoms with E-state index < -0.39 is 17.5 Å². The third-order valence-corrected chi connectivity index (χ3v) is 3.62. The predicted octanol–water partition coefficient (Wildman–Crippen LogP) is 4.43. The summed E-state index contributed by atoms with van der Waals surface area (Å²) in [5.74, 6) is -0.621. The normalized spacial score (nSPS) is 11.8. The minimum atomic E-state index is -4.56. The Labute approximate surface area is 124 Å². The van der Waals surface area contributed by atoms with Crippen LogP contribution < -0.4 is 0 Å². The average Bonchev–Trinajstić information content (AvgIpc) is 2.83. The summed E-state index contributed by atoms with van der Waals surface area (Å²) in [5.41, 5.74) is -0.163. The fourth-order valence-corrected chi connectivity index (χ4v) is 2.60. The molecule has 112 valence electrons. The van der Waals surface area contributed by atoms with Gasteiger partial charge in [-0.15, -0.1) is 0 Å². The molecule has 22 heavy (non-hydrogen) atoms. The molecule has 0 radical (unpaired) electrons. The van der Waals surface area contributed by atoms with E-state index in [-0.39, 0.29) is 11.1 Å². The van der Waals surface area contributed by atoms with Crippen molar-refractivity contribution in [1.29, 1.82) is 0 Å². The SMILES string of the molecule is Cn1cc(C(=O)c2ccccc2C(F)(F)F)c2ccccc21. The van der Waals surface area contributed by atoms with Crippen LogP contribution >= 0.6 is 0 Å². The number of hydrogen-bond donors (Lipinski definition) is 0. The predicted molar refractivity (Wildman–Crippen MR) is 77.8 cm³/mol.